The van der Waals surface area contributed by atoms with Crippen molar-refractivity contribution in [2.75, 3.05) is 13.6 Å². The van der Waals surface area contributed by atoms with Crippen LogP contribution >= 0.6 is 0 Å². The standard InChI is InChI=1S/C16H26N2O/c1-5-13-6-8-14(9-7-13)10-11-18(4)16(19)15(17)12(2)3/h6-9,12,15H,5,10-11,17H2,1-4H3. The summed E-state index contributed by atoms with van der Waals surface area (Å²) < 4.78 is 0. The van der Waals surface area contributed by atoms with E-state index in [1.165, 1.54) is 11.1 Å². The van der Waals surface area contributed by atoms with Crippen LogP contribution < -0.4 is 5.73 Å². The lowest BCUT2D eigenvalue weighted by Gasteiger charge is -2.23. The number of nitrogens with zero attached hydrogens (tertiary/aromatic N) is 1. The Kier molecular flexibility index (Phi) is 6.03. The molecule has 0 radical (unpaired) electrons. The van der Waals surface area contributed by atoms with Gasteiger partial charge >= 0.3 is 0 Å². The van der Waals surface area contributed by atoms with Gasteiger partial charge in [-0.3, -0.25) is 4.79 Å². The Morgan fingerprint density at radius 1 is 1.21 bits per heavy atom. The van der Waals surface area contributed by atoms with Gasteiger partial charge in [0.15, 0.2) is 0 Å². The molecule has 3 nitrogen and oxygen atoms in total. The largest absolute Gasteiger partial charge is 0.344 e. The van der Waals surface area contributed by atoms with Crippen LogP contribution in [-0.4, -0.2) is 30.4 Å². The van der Waals surface area contributed by atoms with E-state index in [4.69, 9.17) is 5.73 Å². The van der Waals surface area contributed by atoms with Gasteiger partial charge in [0.25, 0.3) is 0 Å². The third-order valence-corrected chi connectivity index (χ3v) is 3.55. The number of aryl methyl sites for hydroxylation is 1. The number of hydrogen-bond acceptors (Lipinski definition) is 2. The van der Waals surface area contributed by atoms with Crippen molar-refractivity contribution in [2.24, 2.45) is 11.7 Å². The summed E-state index contributed by atoms with van der Waals surface area (Å²) >= 11 is 0. The van der Waals surface area contributed by atoms with Crippen molar-refractivity contribution in [3.05, 3.63) is 35.4 Å². The Balaban J connectivity index is 2.49. The number of likely N-dealkylation sites (N-methyl/N-ethyl adjacent to an activating group) is 1. The zero-order chi connectivity index (χ0) is 14.4. The van der Waals surface area contributed by atoms with Crippen molar-refractivity contribution >= 4 is 5.91 Å². The van der Waals surface area contributed by atoms with Crippen molar-refractivity contribution in [2.45, 2.75) is 39.7 Å². The molecule has 0 saturated carbocycles. The van der Waals surface area contributed by atoms with Crippen molar-refractivity contribution in [3.8, 4) is 0 Å². The molecule has 0 aromatic heterocycles. The Morgan fingerprint density at radius 2 is 1.74 bits per heavy atom. The topological polar surface area (TPSA) is 46.3 Å². The molecular formula is C16H26N2O. The van der Waals surface area contributed by atoms with Gasteiger partial charge in [0.05, 0.1) is 6.04 Å². The van der Waals surface area contributed by atoms with Gasteiger partial charge < -0.3 is 10.6 Å². The third-order valence-electron chi connectivity index (χ3n) is 3.55. The van der Waals surface area contributed by atoms with Crippen LogP contribution in [0, 0.1) is 5.92 Å². The highest BCUT2D eigenvalue weighted by Gasteiger charge is 2.20. The van der Waals surface area contributed by atoms with Gasteiger partial charge in [0.2, 0.25) is 5.91 Å². The third kappa shape index (κ3) is 4.67. The molecule has 1 atom stereocenters. The fourth-order valence-electron chi connectivity index (χ4n) is 1.89. The quantitative estimate of drug-likeness (QED) is 0.854. The van der Waals surface area contributed by atoms with Gasteiger partial charge in [-0.1, -0.05) is 45.0 Å². The number of benzene rings is 1. The summed E-state index contributed by atoms with van der Waals surface area (Å²) in [5, 5.41) is 0. The van der Waals surface area contributed by atoms with Crippen LogP contribution in [0.15, 0.2) is 24.3 Å². The number of hydrogen-bond donors (Lipinski definition) is 1. The average molecular weight is 262 g/mol. The molecule has 0 saturated heterocycles. The van der Waals surface area contributed by atoms with Crippen LogP contribution in [0.1, 0.15) is 31.9 Å². The van der Waals surface area contributed by atoms with Gasteiger partial charge in [0, 0.05) is 13.6 Å². The number of carbonyl (C=O) groups excluding carboxylic acids is 1. The van der Waals surface area contributed by atoms with Gasteiger partial charge in [-0.2, -0.15) is 0 Å². The second-order valence-corrected chi connectivity index (χ2v) is 5.45. The molecule has 0 heterocycles. The lowest BCUT2D eigenvalue weighted by Crippen LogP contribution is -2.45. The predicted molar refractivity (Wildman–Crippen MR) is 80.0 cm³/mol. The van der Waals surface area contributed by atoms with E-state index in [1.54, 1.807) is 4.90 Å². The molecule has 0 aliphatic heterocycles. The SMILES string of the molecule is CCc1ccc(CCN(C)C(=O)C(N)C(C)C)cc1. The van der Waals surface area contributed by atoms with E-state index in [0.29, 0.717) is 6.54 Å². The predicted octanol–water partition coefficient (Wildman–Crippen LogP) is 2.23. The Hall–Kier alpha value is -1.35. The van der Waals surface area contributed by atoms with E-state index >= 15 is 0 Å². The number of amides is 1. The molecule has 0 spiro atoms. The maximum absolute atomic E-state index is 12.0. The van der Waals surface area contributed by atoms with E-state index < -0.39 is 6.04 Å². The smallest absolute Gasteiger partial charge is 0.239 e. The maximum Gasteiger partial charge on any atom is 0.239 e. The van der Waals surface area contributed by atoms with Crippen LogP contribution in [0.4, 0.5) is 0 Å². The highest BCUT2D eigenvalue weighted by molar-refractivity contribution is 5.81. The monoisotopic (exact) mass is 262 g/mol. The minimum absolute atomic E-state index is 0.0279. The lowest BCUT2D eigenvalue weighted by atomic mass is 10.0. The second-order valence-electron chi connectivity index (χ2n) is 5.45. The molecule has 0 aliphatic rings. The Bertz CT molecular complexity index is 398. The highest BCUT2D eigenvalue weighted by Crippen LogP contribution is 2.07. The molecule has 1 aromatic rings. The van der Waals surface area contributed by atoms with Crippen LogP contribution in [0.25, 0.3) is 0 Å². The first-order chi connectivity index (χ1) is 8.95. The molecule has 1 unspecified atom stereocenters. The molecule has 19 heavy (non-hydrogen) atoms. The van der Waals surface area contributed by atoms with E-state index in [9.17, 15) is 4.79 Å². The Labute approximate surface area is 116 Å². The minimum Gasteiger partial charge on any atom is -0.344 e. The van der Waals surface area contributed by atoms with Crippen molar-refractivity contribution in [1.82, 2.24) is 4.90 Å². The summed E-state index contributed by atoms with van der Waals surface area (Å²) in [4.78, 5) is 13.7. The first-order valence-corrected chi connectivity index (χ1v) is 7.04. The van der Waals surface area contributed by atoms with Crippen molar-refractivity contribution in [3.63, 3.8) is 0 Å². The fourth-order valence-corrected chi connectivity index (χ4v) is 1.89. The number of carbonyl (C=O) groups is 1. The number of nitrogens with two attached hydrogens (primary N) is 1. The highest BCUT2D eigenvalue weighted by atomic mass is 16.2. The van der Waals surface area contributed by atoms with E-state index in [0.717, 1.165) is 12.8 Å². The second kappa shape index (κ2) is 7.29. The van der Waals surface area contributed by atoms with Crippen LogP contribution in [0.5, 0.6) is 0 Å². The molecule has 3 heteroatoms. The summed E-state index contributed by atoms with van der Waals surface area (Å²) in [5.74, 6) is 0.207. The van der Waals surface area contributed by atoms with E-state index in [-0.39, 0.29) is 11.8 Å². The van der Waals surface area contributed by atoms with Crippen LogP contribution in [-0.2, 0) is 17.6 Å². The summed E-state index contributed by atoms with van der Waals surface area (Å²) in [6.45, 7) is 6.80. The molecule has 0 fully saturated rings. The maximum atomic E-state index is 12.0. The van der Waals surface area contributed by atoms with Crippen LogP contribution in [0.2, 0.25) is 0 Å². The molecule has 0 bridgehead atoms. The van der Waals surface area contributed by atoms with Crippen LogP contribution in [0.3, 0.4) is 0 Å². The fraction of sp³-hybridized carbons (Fsp3) is 0.562. The number of rotatable bonds is 6. The van der Waals surface area contributed by atoms with E-state index in [2.05, 4.69) is 31.2 Å². The summed E-state index contributed by atoms with van der Waals surface area (Å²) in [6, 6.07) is 8.18. The first-order valence-electron chi connectivity index (χ1n) is 7.04. The normalized spacial score (nSPS) is 12.5. The first kappa shape index (κ1) is 15.7. The van der Waals surface area contributed by atoms with Gasteiger partial charge in [-0.05, 0) is 29.9 Å². The van der Waals surface area contributed by atoms with E-state index in [1.807, 2.05) is 20.9 Å². The molecule has 1 aromatic carbocycles. The average Bonchev–Trinajstić information content (AvgIpc) is 2.43. The molecule has 0 aliphatic carbocycles. The van der Waals surface area contributed by atoms with Gasteiger partial charge in [-0.15, -0.1) is 0 Å². The summed E-state index contributed by atoms with van der Waals surface area (Å²) in [5.41, 5.74) is 8.48. The summed E-state index contributed by atoms with van der Waals surface area (Å²) in [7, 11) is 1.82. The molecule has 1 rings (SSSR count). The molecular weight excluding hydrogens is 236 g/mol. The zero-order valence-electron chi connectivity index (χ0n) is 12.5. The molecule has 2 N–H and O–H groups in total. The lowest BCUT2D eigenvalue weighted by molar-refractivity contribution is -0.132. The van der Waals surface area contributed by atoms with Crippen molar-refractivity contribution in [1.29, 1.82) is 0 Å². The summed E-state index contributed by atoms with van der Waals surface area (Å²) in [6.07, 6.45) is 1.93. The van der Waals surface area contributed by atoms with Gasteiger partial charge in [0.1, 0.15) is 0 Å². The molecule has 106 valence electrons. The zero-order valence-corrected chi connectivity index (χ0v) is 12.5. The molecule has 1 amide bonds. The minimum atomic E-state index is -0.396. The Morgan fingerprint density at radius 3 is 2.21 bits per heavy atom. The van der Waals surface area contributed by atoms with Gasteiger partial charge in [-0.25, -0.2) is 0 Å². The van der Waals surface area contributed by atoms with Crippen molar-refractivity contribution < 1.29 is 4.79 Å².